The van der Waals surface area contributed by atoms with E-state index in [1.54, 1.807) is 54.6 Å². The predicted octanol–water partition coefficient (Wildman–Crippen LogP) is 0.442. The third kappa shape index (κ3) is 4.35. The molecule has 1 N–H and O–H groups in total. The molecule has 0 saturated heterocycles. The van der Waals surface area contributed by atoms with E-state index < -0.39 is 48.9 Å². The van der Waals surface area contributed by atoms with Crippen LogP contribution in [-0.4, -0.2) is 41.8 Å². The summed E-state index contributed by atoms with van der Waals surface area (Å²) in [5.74, 6) is -2.57. The summed E-state index contributed by atoms with van der Waals surface area (Å²) in [4.78, 5) is 50.5. The summed E-state index contributed by atoms with van der Waals surface area (Å²) < 4.78 is 38.5. The Kier molecular flexibility index (Phi) is 6.31. The summed E-state index contributed by atoms with van der Waals surface area (Å²) in [6.45, 7) is -0.526. The first kappa shape index (κ1) is 24.0. The van der Waals surface area contributed by atoms with Crippen LogP contribution < -0.4 is 21.3 Å². The minimum Gasteiger partial charge on any atom is -0.497 e. The van der Waals surface area contributed by atoms with E-state index in [9.17, 15) is 27.6 Å². The molecule has 0 saturated carbocycles. The van der Waals surface area contributed by atoms with Crippen molar-refractivity contribution in [3.63, 3.8) is 0 Å². The zero-order valence-corrected chi connectivity index (χ0v) is 19.6. The number of carbonyl (C=O) groups is 2. The van der Waals surface area contributed by atoms with E-state index in [0.717, 1.165) is 9.13 Å². The van der Waals surface area contributed by atoms with E-state index in [0.29, 0.717) is 16.9 Å². The smallest absolute Gasteiger partial charge is 0.334 e. The van der Waals surface area contributed by atoms with Crippen molar-refractivity contribution in [2.75, 3.05) is 12.4 Å². The number of nitrogens with one attached hydrogen (secondary N) is 1. The van der Waals surface area contributed by atoms with Gasteiger partial charge in [0.25, 0.3) is 11.5 Å². The largest absolute Gasteiger partial charge is 0.497 e. The number of rotatable bonds is 6. The third-order valence-electron chi connectivity index (χ3n) is 5.50. The molecule has 0 aliphatic carbocycles. The number of hydrogen-bond acceptors (Lipinski definition) is 8. The van der Waals surface area contributed by atoms with Gasteiger partial charge in [-0.15, -0.1) is 0 Å². The summed E-state index contributed by atoms with van der Waals surface area (Å²) in [5, 5.41) is -0.0946. The van der Waals surface area contributed by atoms with Crippen LogP contribution >= 0.6 is 0 Å². The van der Waals surface area contributed by atoms with Gasteiger partial charge in [-0.25, -0.2) is 13.2 Å². The van der Waals surface area contributed by atoms with Crippen molar-refractivity contribution in [2.45, 2.75) is 23.3 Å². The molecule has 11 nitrogen and oxygen atoms in total. The van der Waals surface area contributed by atoms with Crippen LogP contribution in [-0.2, 0) is 44.4 Å². The Balaban J connectivity index is 1.71. The second-order valence-corrected chi connectivity index (χ2v) is 9.74. The molecular weight excluding hydrogens is 478 g/mol. The second kappa shape index (κ2) is 9.22. The molecule has 1 amide bonds. The van der Waals surface area contributed by atoms with Gasteiger partial charge in [0, 0.05) is 7.05 Å². The van der Waals surface area contributed by atoms with Gasteiger partial charge in [0.05, 0.1) is 13.7 Å². The zero-order chi connectivity index (χ0) is 25.3. The molecule has 12 heteroatoms. The highest BCUT2D eigenvalue weighted by Gasteiger charge is 2.49. The molecule has 1 unspecified atom stereocenters. The molecule has 2 heterocycles. The number of aromatic nitrogens is 2. The Labute approximate surface area is 199 Å². The maximum atomic E-state index is 13.3. The van der Waals surface area contributed by atoms with Crippen molar-refractivity contribution >= 4 is 27.5 Å². The van der Waals surface area contributed by atoms with E-state index in [4.69, 9.17) is 9.47 Å². The van der Waals surface area contributed by atoms with Crippen LogP contribution in [0.1, 0.15) is 11.1 Å². The van der Waals surface area contributed by atoms with Gasteiger partial charge in [-0.2, -0.15) is 0 Å². The van der Waals surface area contributed by atoms with Gasteiger partial charge >= 0.3 is 11.7 Å². The van der Waals surface area contributed by atoms with Crippen molar-refractivity contribution < 1.29 is 27.5 Å². The first-order valence-corrected chi connectivity index (χ1v) is 11.9. The first-order valence-electron chi connectivity index (χ1n) is 10.4. The summed E-state index contributed by atoms with van der Waals surface area (Å²) in [6, 6.07) is 15.0. The minimum absolute atomic E-state index is 0.200. The highest BCUT2D eigenvalue weighted by atomic mass is 32.2. The Morgan fingerprint density at radius 1 is 1.03 bits per heavy atom. The standard InChI is InChI=1S/C23H21N3O8S/c1-25-19-17(21(28)26(23(25)30)12-14-7-4-3-5-8-14)35(31,32)18(20(27)24-19)22(29)34-13-15-9-6-10-16(11-15)33-2/h3-11,18H,12-13H2,1-2H3,(H,24,27). The number of benzene rings is 2. The number of esters is 1. The van der Waals surface area contributed by atoms with E-state index in [-0.39, 0.29) is 13.2 Å². The molecule has 0 spiro atoms. The van der Waals surface area contributed by atoms with Gasteiger partial charge in [-0.05, 0) is 23.3 Å². The third-order valence-corrected chi connectivity index (χ3v) is 7.46. The molecular formula is C23H21N3O8S. The highest BCUT2D eigenvalue weighted by molar-refractivity contribution is 7.93. The summed E-state index contributed by atoms with van der Waals surface area (Å²) in [6.07, 6.45) is 0. The van der Waals surface area contributed by atoms with Gasteiger partial charge in [0.2, 0.25) is 15.1 Å². The fourth-order valence-corrected chi connectivity index (χ4v) is 5.42. The lowest BCUT2D eigenvalue weighted by atomic mass is 10.2. The molecule has 1 aromatic heterocycles. The van der Waals surface area contributed by atoms with E-state index in [1.165, 1.54) is 14.2 Å². The molecule has 1 atom stereocenters. The van der Waals surface area contributed by atoms with Gasteiger partial charge in [-0.1, -0.05) is 42.5 Å². The van der Waals surface area contributed by atoms with E-state index in [1.807, 2.05) is 0 Å². The van der Waals surface area contributed by atoms with Crippen LogP contribution in [0.25, 0.3) is 0 Å². The molecule has 0 fully saturated rings. The number of sulfone groups is 1. The molecule has 4 rings (SSSR count). The number of ether oxygens (including phenoxy) is 2. The number of hydrogen-bond donors (Lipinski definition) is 1. The van der Waals surface area contributed by atoms with E-state index in [2.05, 4.69) is 5.32 Å². The monoisotopic (exact) mass is 499 g/mol. The summed E-state index contributed by atoms with van der Waals surface area (Å²) >= 11 is 0. The average Bonchev–Trinajstić information content (AvgIpc) is 2.84. The lowest BCUT2D eigenvalue weighted by Crippen LogP contribution is -2.52. The molecule has 2 aromatic carbocycles. The quantitative estimate of drug-likeness (QED) is 0.380. The predicted molar refractivity (Wildman–Crippen MR) is 124 cm³/mol. The topological polar surface area (TPSA) is 143 Å². The van der Waals surface area contributed by atoms with Gasteiger partial charge in [-0.3, -0.25) is 23.5 Å². The van der Waals surface area contributed by atoms with Gasteiger partial charge < -0.3 is 14.8 Å². The van der Waals surface area contributed by atoms with Crippen LogP contribution in [0.3, 0.4) is 0 Å². The lowest BCUT2D eigenvalue weighted by Gasteiger charge is -2.25. The normalized spacial score (nSPS) is 16.2. The van der Waals surface area contributed by atoms with Crippen LogP contribution in [0.5, 0.6) is 5.75 Å². The Morgan fingerprint density at radius 3 is 2.40 bits per heavy atom. The SMILES string of the molecule is COc1cccc(COC(=O)C2C(=O)Nc3c(c(=O)n(Cc4ccccc4)c(=O)n3C)S2(=O)=O)c1. The van der Waals surface area contributed by atoms with Crippen molar-refractivity contribution in [1.29, 1.82) is 0 Å². The van der Waals surface area contributed by atoms with Crippen LogP contribution in [0.2, 0.25) is 0 Å². The Hall–Kier alpha value is -4.19. The average molecular weight is 500 g/mol. The maximum absolute atomic E-state index is 13.3. The fraction of sp³-hybridized carbons (Fsp3) is 0.217. The molecule has 3 aromatic rings. The number of amides is 1. The molecule has 0 bridgehead atoms. The Morgan fingerprint density at radius 2 is 1.71 bits per heavy atom. The van der Waals surface area contributed by atoms with Crippen molar-refractivity contribution in [1.82, 2.24) is 9.13 Å². The van der Waals surface area contributed by atoms with Crippen molar-refractivity contribution in [3.8, 4) is 5.75 Å². The van der Waals surface area contributed by atoms with Gasteiger partial charge in [0.1, 0.15) is 18.2 Å². The molecule has 0 radical (unpaired) electrons. The molecule has 182 valence electrons. The second-order valence-electron chi connectivity index (χ2n) is 7.77. The first-order chi connectivity index (χ1) is 16.6. The number of methoxy groups -OCH3 is 1. The molecule has 1 aliphatic heterocycles. The Bertz CT molecular complexity index is 1540. The number of fused-ring (bicyclic) bond motifs is 1. The van der Waals surface area contributed by atoms with Crippen LogP contribution in [0.15, 0.2) is 69.1 Å². The molecule has 35 heavy (non-hydrogen) atoms. The van der Waals surface area contributed by atoms with Gasteiger partial charge in [0.15, 0.2) is 4.90 Å². The summed E-state index contributed by atoms with van der Waals surface area (Å²) in [5.41, 5.74) is -0.887. The molecule has 1 aliphatic rings. The highest BCUT2D eigenvalue weighted by Crippen LogP contribution is 2.27. The van der Waals surface area contributed by atoms with E-state index >= 15 is 0 Å². The van der Waals surface area contributed by atoms with Crippen molar-refractivity contribution in [2.24, 2.45) is 7.05 Å². The van der Waals surface area contributed by atoms with Crippen molar-refractivity contribution in [3.05, 3.63) is 86.6 Å². The minimum atomic E-state index is -4.84. The number of carbonyl (C=O) groups excluding carboxylic acids is 2. The lowest BCUT2D eigenvalue weighted by molar-refractivity contribution is -0.146. The fourth-order valence-electron chi connectivity index (χ4n) is 3.71. The zero-order valence-electron chi connectivity index (χ0n) is 18.8. The van der Waals surface area contributed by atoms with Crippen LogP contribution in [0.4, 0.5) is 5.82 Å². The maximum Gasteiger partial charge on any atom is 0.334 e. The summed E-state index contributed by atoms with van der Waals surface area (Å²) in [7, 11) is -2.16. The number of nitrogens with zero attached hydrogens (tertiary/aromatic N) is 2. The number of anilines is 1. The van der Waals surface area contributed by atoms with Crippen LogP contribution in [0, 0.1) is 0 Å².